The van der Waals surface area contributed by atoms with Gasteiger partial charge >= 0.3 is 5.97 Å². The molecular weight excluding hydrogens is 399 g/mol. The Morgan fingerprint density at radius 2 is 2.03 bits per heavy atom. The fourth-order valence-electron chi connectivity index (χ4n) is 3.84. The van der Waals surface area contributed by atoms with Crippen LogP contribution in [0.2, 0.25) is 0 Å². The number of carbonyl (C=O) groups is 3. The molecule has 162 valence electrons. The van der Waals surface area contributed by atoms with Crippen LogP contribution >= 0.6 is 0 Å². The summed E-state index contributed by atoms with van der Waals surface area (Å²) in [5.41, 5.74) is -1.71. The number of likely N-dealkylation sites (tertiary alicyclic amines) is 1. The van der Waals surface area contributed by atoms with Gasteiger partial charge in [-0.2, -0.15) is 0 Å². The van der Waals surface area contributed by atoms with Crippen molar-refractivity contribution in [3.05, 3.63) is 46.0 Å². The largest absolute Gasteiger partial charge is 0.483 e. The minimum absolute atomic E-state index is 0.0842. The van der Waals surface area contributed by atoms with Crippen LogP contribution in [0.4, 0.5) is 4.39 Å². The molecular formula is C20H23FN2O7. The van der Waals surface area contributed by atoms with Crippen LogP contribution in [0.25, 0.3) is 10.9 Å². The summed E-state index contributed by atoms with van der Waals surface area (Å²) in [6, 6.07) is 4.86. The first-order chi connectivity index (χ1) is 14.2. The van der Waals surface area contributed by atoms with Crippen molar-refractivity contribution in [3.63, 3.8) is 0 Å². The van der Waals surface area contributed by atoms with Gasteiger partial charge in [-0.1, -0.05) is 13.3 Å². The molecule has 1 fully saturated rings. The SMILES string of the molecule is CCC[C@]1(C(=O)O)CN(C(=O)c2cc(=O)[nH]c3cc(F)ccc23)CC[C@@H]1O.O=CO. The lowest BCUT2D eigenvalue weighted by Gasteiger charge is -2.43. The van der Waals surface area contributed by atoms with Gasteiger partial charge in [0.15, 0.2) is 0 Å². The molecule has 3 rings (SSSR count). The molecule has 30 heavy (non-hydrogen) atoms. The number of aliphatic hydroxyl groups is 1. The molecule has 1 aliphatic heterocycles. The Morgan fingerprint density at radius 1 is 1.37 bits per heavy atom. The zero-order chi connectivity index (χ0) is 22.5. The molecule has 10 heteroatoms. The summed E-state index contributed by atoms with van der Waals surface area (Å²) < 4.78 is 13.5. The molecule has 0 saturated carbocycles. The predicted molar refractivity (Wildman–Crippen MR) is 105 cm³/mol. The normalized spacial score (nSPS) is 20.9. The lowest BCUT2D eigenvalue weighted by Crippen LogP contribution is -2.57. The number of benzene rings is 1. The van der Waals surface area contributed by atoms with Crippen LogP contribution < -0.4 is 5.56 Å². The highest BCUT2D eigenvalue weighted by molar-refractivity contribution is 6.06. The van der Waals surface area contributed by atoms with E-state index < -0.39 is 34.8 Å². The van der Waals surface area contributed by atoms with Gasteiger partial charge in [-0.15, -0.1) is 0 Å². The van der Waals surface area contributed by atoms with Gasteiger partial charge in [-0.25, -0.2) is 4.39 Å². The van der Waals surface area contributed by atoms with Crippen LogP contribution in [0.15, 0.2) is 29.1 Å². The number of H-pyrrole nitrogens is 1. The minimum atomic E-state index is -1.44. The van der Waals surface area contributed by atoms with E-state index in [9.17, 15) is 29.0 Å². The highest BCUT2D eigenvalue weighted by Gasteiger charge is 2.49. The van der Waals surface area contributed by atoms with Crippen LogP contribution in [-0.4, -0.2) is 62.7 Å². The van der Waals surface area contributed by atoms with Crippen molar-refractivity contribution in [2.45, 2.75) is 32.3 Å². The van der Waals surface area contributed by atoms with Gasteiger partial charge in [0.25, 0.3) is 12.4 Å². The number of rotatable bonds is 4. The first-order valence-corrected chi connectivity index (χ1v) is 9.31. The van der Waals surface area contributed by atoms with Gasteiger partial charge in [-0.05, 0) is 31.0 Å². The van der Waals surface area contributed by atoms with Gasteiger partial charge in [0.05, 0.1) is 17.2 Å². The Hall–Kier alpha value is -3.27. The standard InChI is InChI=1S/C19H21FN2O5.CH2O2/c1-2-6-19(18(26)27)10-22(7-5-15(19)23)17(25)13-9-16(24)21-14-8-11(20)3-4-12(13)14;2-1-3/h3-4,8-9,15,23H,2,5-7,10H2,1H3,(H,21,24)(H,26,27);1H,(H,2,3)/t15-,19-;/m0./s1. The van der Waals surface area contributed by atoms with E-state index in [1.54, 1.807) is 0 Å². The maximum atomic E-state index is 13.5. The molecule has 1 aromatic heterocycles. The molecule has 0 radical (unpaired) electrons. The number of nitrogens with one attached hydrogen (secondary N) is 1. The number of fused-ring (bicyclic) bond motifs is 1. The van der Waals surface area contributed by atoms with Crippen LogP contribution in [0, 0.1) is 11.2 Å². The number of aromatic amines is 1. The number of carboxylic acids is 1. The lowest BCUT2D eigenvalue weighted by atomic mass is 9.74. The summed E-state index contributed by atoms with van der Waals surface area (Å²) in [7, 11) is 0. The molecule has 2 aromatic rings. The van der Waals surface area contributed by atoms with E-state index in [4.69, 9.17) is 9.90 Å². The number of piperidine rings is 1. The summed E-state index contributed by atoms with van der Waals surface area (Å²) >= 11 is 0. The van der Waals surface area contributed by atoms with Crippen molar-refractivity contribution < 1.29 is 34.1 Å². The van der Waals surface area contributed by atoms with E-state index in [0.717, 1.165) is 12.1 Å². The predicted octanol–water partition coefficient (Wildman–Crippen LogP) is 1.45. The number of amides is 1. The van der Waals surface area contributed by atoms with E-state index in [1.165, 1.54) is 17.0 Å². The molecule has 1 aliphatic rings. The number of pyridine rings is 1. The number of carboxylic acid groups (broad SMARTS) is 2. The van der Waals surface area contributed by atoms with Crippen molar-refractivity contribution in [3.8, 4) is 0 Å². The molecule has 1 saturated heterocycles. The first kappa shape index (κ1) is 23.0. The van der Waals surface area contributed by atoms with Gasteiger partial charge in [0, 0.05) is 24.5 Å². The van der Waals surface area contributed by atoms with E-state index >= 15 is 0 Å². The Balaban J connectivity index is 0.00000101. The number of carbonyl (C=O) groups excluding carboxylic acids is 1. The fourth-order valence-corrected chi connectivity index (χ4v) is 3.84. The van der Waals surface area contributed by atoms with Crippen molar-refractivity contribution in [1.29, 1.82) is 0 Å². The number of hydrogen-bond acceptors (Lipinski definition) is 5. The van der Waals surface area contributed by atoms with E-state index in [-0.39, 0.29) is 43.5 Å². The third kappa shape index (κ3) is 4.48. The summed E-state index contributed by atoms with van der Waals surface area (Å²) in [6.07, 6.45) is -0.148. The molecule has 2 heterocycles. The van der Waals surface area contributed by atoms with Crippen molar-refractivity contribution in [1.82, 2.24) is 9.88 Å². The summed E-state index contributed by atoms with van der Waals surface area (Å²) in [4.78, 5) is 49.1. The Labute approximate surface area is 170 Å². The second kappa shape index (κ2) is 9.49. The highest BCUT2D eigenvalue weighted by Crippen LogP contribution is 2.36. The molecule has 0 unspecified atom stereocenters. The smallest absolute Gasteiger partial charge is 0.314 e. The number of hydrogen-bond donors (Lipinski definition) is 4. The number of aliphatic carboxylic acids is 1. The minimum Gasteiger partial charge on any atom is -0.483 e. The maximum absolute atomic E-state index is 13.5. The number of nitrogens with zero attached hydrogens (tertiary/aromatic N) is 1. The second-order valence-electron chi connectivity index (χ2n) is 7.09. The summed E-state index contributed by atoms with van der Waals surface area (Å²) in [5.74, 6) is -2.20. The Morgan fingerprint density at radius 3 is 2.63 bits per heavy atom. The van der Waals surface area contributed by atoms with Crippen molar-refractivity contribution in [2.75, 3.05) is 13.1 Å². The third-order valence-electron chi connectivity index (χ3n) is 5.23. The average molecular weight is 422 g/mol. The summed E-state index contributed by atoms with van der Waals surface area (Å²) in [6.45, 7) is 1.59. The molecule has 4 N–H and O–H groups in total. The van der Waals surface area contributed by atoms with E-state index in [2.05, 4.69) is 4.98 Å². The Bertz CT molecular complexity index is 1010. The van der Waals surface area contributed by atoms with Crippen LogP contribution in [0.5, 0.6) is 0 Å². The van der Waals surface area contributed by atoms with Crippen molar-refractivity contribution in [2.24, 2.45) is 5.41 Å². The third-order valence-corrected chi connectivity index (χ3v) is 5.23. The second-order valence-corrected chi connectivity index (χ2v) is 7.09. The zero-order valence-electron chi connectivity index (χ0n) is 16.3. The van der Waals surface area contributed by atoms with Crippen molar-refractivity contribution >= 4 is 29.3 Å². The molecule has 2 atom stereocenters. The van der Waals surface area contributed by atoms with Crippen LogP contribution in [-0.2, 0) is 9.59 Å². The van der Waals surface area contributed by atoms with E-state index in [0.29, 0.717) is 11.8 Å². The van der Waals surface area contributed by atoms with Crippen LogP contribution in [0.3, 0.4) is 0 Å². The van der Waals surface area contributed by atoms with Crippen LogP contribution in [0.1, 0.15) is 36.5 Å². The first-order valence-electron chi connectivity index (χ1n) is 9.31. The number of aliphatic hydroxyl groups excluding tert-OH is 1. The van der Waals surface area contributed by atoms with E-state index in [1.807, 2.05) is 6.92 Å². The summed E-state index contributed by atoms with van der Waals surface area (Å²) in [5, 5.41) is 27.3. The maximum Gasteiger partial charge on any atom is 0.314 e. The topological polar surface area (TPSA) is 148 Å². The van der Waals surface area contributed by atoms with Gasteiger partial charge in [-0.3, -0.25) is 19.2 Å². The number of aromatic nitrogens is 1. The molecule has 0 bridgehead atoms. The molecule has 1 aromatic carbocycles. The number of halogens is 1. The molecule has 0 aliphatic carbocycles. The lowest BCUT2D eigenvalue weighted by molar-refractivity contribution is -0.162. The monoisotopic (exact) mass is 422 g/mol. The highest BCUT2D eigenvalue weighted by atomic mass is 19.1. The quantitative estimate of drug-likeness (QED) is 0.545. The molecule has 9 nitrogen and oxygen atoms in total. The van der Waals surface area contributed by atoms with Gasteiger partial charge < -0.3 is 25.2 Å². The fraction of sp³-hybridized carbons (Fsp3) is 0.400. The van der Waals surface area contributed by atoms with Gasteiger partial charge in [0.2, 0.25) is 5.56 Å². The Kier molecular flexibility index (Phi) is 7.28. The molecule has 1 amide bonds. The zero-order valence-corrected chi connectivity index (χ0v) is 16.3. The van der Waals surface area contributed by atoms with Gasteiger partial charge in [0.1, 0.15) is 11.2 Å². The molecule has 0 spiro atoms. The average Bonchev–Trinajstić information content (AvgIpc) is 2.68.